The Labute approximate surface area is 158 Å². The van der Waals surface area contributed by atoms with Gasteiger partial charge in [-0.2, -0.15) is 8.78 Å². The van der Waals surface area contributed by atoms with Gasteiger partial charge in [0.1, 0.15) is 12.2 Å². The van der Waals surface area contributed by atoms with E-state index in [-0.39, 0.29) is 25.7 Å². The number of halogens is 2. The van der Waals surface area contributed by atoms with Crippen molar-refractivity contribution < 1.29 is 33.6 Å². The first kappa shape index (κ1) is 21.6. The topological polar surface area (TPSA) is 87.0 Å². The summed E-state index contributed by atoms with van der Waals surface area (Å²) in [6.45, 7) is 2.04. The summed E-state index contributed by atoms with van der Waals surface area (Å²) in [5, 5.41) is 28.6. The maximum Gasteiger partial charge on any atom is 0.311 e. The highest BCUT2D eigenvalue weighted by molar-refractivity contribution is 5.66. The van der Waals surface area contributed by atoms with Gasteiger partial charge in [0.05, 0.1) is 17.9 Å². The molecule has 0 bridgehead atoms. The molecule has 3 N–H and O–H groups in total. The molecule has 0 radical (unpaired) electrons. The molecule has 2 aliphatic rings. The maximum atomic E-state index is 14.8. The molecule has 0 aromatic carbocycles. The summed E-state index contributed by atoms with van der Waals surface area (Å²) in [5.41, 5.74) is 0. The average molecular weight is 386 g/mol. The fourth-order valence-electron chi connectivity index (χ4n) is 3.70. The fourth-order valence-corrected chi connectivity index (χ4v) is 3.70. The van der Waals surface area contributed by atoms with Crippen molar-refractivity contribution >= 4 is 5.97 Å². The van der Waals surface area contributed by atoms with E-state index < -0.39 is 47.8 Å². The van der Waals surface area contributed by atoms with E-state index in [1.54, 1.807) is 0 Å². The van der Waals surface area contributed by atoms with E-state index in [0.717, 1.165) is 19.3 Å². The molecule has 5 atom stereocenters. The molecule has 0 amide bonds. The first-order chi connectivity index (χ1) is 12.8. The van der Waals surface area contributed by atoms with Crippen LogP contribution in [0.2, 0.25) is 0 Å². The van der Waals surface area contributed by atoms with Gasteiger partial charge in [0.2, 0.25) is 0 Å². The maximum absolute atomic E-state index is 14.8. The lowest BCUT2D eigenvalue weighted by atomic mass is 9.88. The molecule has 7 heteroatoms. The molecule has 0 aromatic rings. The number of alkyl halides is 2. The predicted octanol–water partition coefficient (Wildman–Crippen LogP) is 3.10. The van der Waals surface area contributed by atoms with Crippen molar-refractivity contribution in [3.8, 4) is 11.8 Å². The molecular weight excluding hydrogens is 358 g/mol. The highest BCUT2D eigenvalue weighted by atomic mass is 19.3. The Hall–Kier alpha value is -1.65. The second kappa shape index (κ2) is 9.52. The number of aliphatic hydroxyl groups is 2. The summed E-state index contributed by atoms with van der Waals surface area (Å²) >= 11 is 0. The zero-order chi connectivity index (χ0) is 20.0. The molecule has 1 aliphatic carbocycles. The lowest BCUT2D eigenvalue weighted by molar-refractivity contribution is -0.137. The number of carboxylic acids is 1. The van der Waals surface area contributed by atoms with Crippen molar-refractivity contribution in [1.29, 1.82) is 0 Å². The Morgan fingerprint density at radius 2 is 2.15 bits per heavy atom. The molecule has 1 saturated carbocycles. The van der Waals surface area contributed by atoms with E-state index in [2.05, 4.69) is 11.8 Å². The van der Waals surface area contributed by atoms with Gasteiger partial charge in [-0.3, -0.25) is 4.79 Å². The molecule has 5 unspecified atom stereocenters. The summed E-state index contributed by atoms with van der Waals surface area (Å²) < 4.78 is 35.0. The van der Waals surface area contributed by atoms with Crippen LogP contribution in [0.25, 0.3) is 0 Å². The highest BCUT2D eigenvalue weighted by Gasteiger charge is 2.63. The zero-order valence-corrected chi connectivity index (χ0v) is 15.5. The molecular formula is C20H28F2O5. The molecule has 1 heterocycles. The van der Waals surface area contributed by atoms with Gasteiger partial charge in [-0.25, -0.2) is 0 Å². The smallest absolute Gasteiger partial charge is 0.311 e. The van der Waals surface area contributed by atoms with Gasteiger partial charge in [0.15, 0.2) is 5.76 Å². The largest absolute Gasteiger partial charge is 0.488 e. The molecule has 0 spiro atoms. The van der Waals surface area contributed by atoms with Crippen LogP contribution in [-0.2, 0) is 9.53 Å². The molecule has 27 heavy (non-hydrogen) atoms. The van der Waals surface area contributed by atoms with Gasteiger partial charge in [-0.1, -0.05) is 31.6 Å². The molecule has 1 saturated heterocycles. The third kappa shape index (κ3) is 5.43. The number of hydrogen-bond acceptors (Lipinski definition) is 4. The molecule has 152 valence electrons. The van der Waals surface area contributed by atoms with Crippen LogP contribution in [0.15, 0.2) is 11.8 Å². The predicted molar refractivity (Wildman–Crippen MR) is 94.9 cm³/mol. The minimum Gasteiger partial charge on any atom is -0.488 e. The van der Waals surface area contributed by atoms with Crippen molar-refractivity contribution in [3.63, 3.8) is 0 Å². The summed E-state index contributed by atoms with van der Waals surface area (Å²) in [7, 11) is 0. The number of allylic oxidation sites excluding steroid dienone is 2. The standard InChI is InChI=1S/C20H28F2O5/c1-2-3-4-7-13(23)10-11-14-15(24)12-16-19(14)20(21,22)17(27-16)8-5-6-9-18(25)26/h8,13-16,19,23-24H,2-7,9,12H2,1H3,(H,25,26). The van der Waals surface area contributed by atoms with Crippen LogP contribution in [0.4, 0.5) is 8.78 Å². The van der Waals surface area contributed by atoms with Gasteiger partial charge in [-0.05, 0) is 31.8 Å². The fraction of sp³-hybridized carbons (Fsp3) is 0.750. The lowest BCUT2D eigenvalue weighted by Crippen LogP contribution is -2.33. The van der Waals surface area contributed by atoms with E-state index in [0.29, 0.717) is 6.42 Å². The first-order valence-electron chi connectivity index (χ1n) is 9.61. The molecule has 5 nitrogen and oxygen atoms in total. The molecule has 1 aliphatic heterocycles. The van der Waals surface area contributed by atoms with Crippen LogP contribution < -0.4 is 0 Å². The first-order valence-corrected chi connectivity index (χ1v) is 9.61. The number of unbranched alkanes of at least 4 members (excludes halogenated alkanes) is 3. The van der Waals surface area contributed by atoms with Gasteiger partial charge < -0.3 is 20.1 Å². The number of hydrogen-bond donors (Lipinski definition) is 3. The van der Waals surface area contributed by atoms with Crippen LogP contribution >= 0.6 is 0 Å². The third-order valence-electron chi connectivity index (χ3n) is 5.12. The zero-order valence-electron chi connectivity index (χ0n) is 15.5. The van der Waals surface area contributed by atoms with E-state index in [9.17, 15) is 23.8 Å². The monoisotopic (exact) mass is 386 g/mol. The van der Waals surface area contributed by atoms with E-state index in [4.69, 9.17) is 9.84 Å². The lowest BCUT2D eigenvalue weighted by Gasteiger charge is -2.21. The van der Waals surface area contributed by atoms with Crippen molar-refractivity contribution in [1.82, 2.24) is 0 Å². The van der Waals surface area contributed by atoms with Crippen LogP contribution in [0.1, 0.15) is 58.3 Å². The van der Waals surface area contributed by atoms with Crippen LogP contribution in [0, 0.1) is 23.7 Å². The van der Waals surface area contributed by atoms with Crippen LogP contribution in [0.5, 0.6) is 0 Å². The Kier molecular flexibility index (Phi) is 7.63. The van der Waals surface area contributed by atoms with Crippen molar-refractivity contribution in [2.24, 2.45) is 11.8 Å². The summed E-state index contributed by atoms with van der Waals surface area (Å²) in [6, 6.07) is 0. The van der Waals surface area contributed by atoms with Crippen molar-refractivity contribution in [2.45, 2.75) is 82.5 Å². The van der Waals surface area contributed by atoms with Crippen molar-refractivity contribution in [2.75, 3.05) is 0 Å². The average Bonchev–Trinajstić information content (AvgIpc) is 3.03. The Morgan fingerprint density at radius 1 is 1.41 bits per heavy atom. The number of ether oxygens (including phenoxy) is 1. The van der Waals surface area contributed by atoms with Gasteiger partial charge in [-0.15, -0.1) is 0 Å². The number of fused-ring (bicyclic) bond motifs is 1. The molecule has 2 fully saturated rings. The van der Waals surface area contributed by atoms with Crippen molar-refractivity contribution in [3.05, 3.63) is 11.8 Å². The number of carbonyl (C=O) groups is 1. The van der Waals surface area contributed by atoms with E-state index in [1.165, 1.54) is 6.08 Å². The number of carboxylic acid groups (broad SMARTS) is 1. The minimum atomic E-state index is -3.27. The van der Waals surface area contributed by atoms with Gasteiger partial charge >= 0.3 is 11.9 Å². The quantitative estimate of drug-likeness (QED) is 0.441. The number of aliphatic hydroxyl groups excluding tert-OH is 2. The second-order valence-corrected chi connectivity index (χ2v) is 7.29. The highest BCUT2D eigenvalue weighted by Crippen LogP contribution is 2.53. The normalized spacial score (nSPS) is 31.1. The van der Waals surface area contributed by atoms with Crippen LogP contribution in [-0.4, -0.2) is 45.5 Å². The van der Waals surface area contributed by atoms with E-state index in [1.807, 2.05) is 6.92 Å². The summed E-state index contributed by atoms with van der Waals surface area (Å²) in [4.78, 5) is 10.5. The summed E-state index contributed by atoms with van der Waals surface area (Å²) in [6.07, 6.45) is 2.22. The minimum absolute atomic E-state index is 0.0675. The Bertz CT molecular complexity index is 607. The number of aliphatic carboxylic acids is 1. The number of rotatable bonds is 8. The summed E-state index contributed by atoms with van der Waals surface area (Å²) in [5.74, 6) is -1.62. The Morgan fingerprint density at radius 3 is 2.81 bits per heavy atom. The molecule has 0 aromatic heterocycles. The van der Waals surface area contributed by atoms with Crippen LogP contribution in [0.3, 0.4) is 0 Å². The third-order valence-corrected chi connectivity index (χ3v) is 5.12. The van der Waals surface area contributed by atoms with E-state index >= 15 is 0 Å². The van der Waals surface area contributed by atoms with Gasteiger partial charge in [0.25, 0.3) is 0 Å². The molecule has 2 rings (SSSR count). The Balaban J connectivity index is 2.03. The second-order valence-electron chi connectivity index (χ2n) is 7.29. The SMILES string of the molecule is CCCCCC(O)C#CC1C(O)CC2OC(=CCCCC(=O)O)C(F)(F)C21. The van der Waals surface area contributed by atoms with Gasteiger partial charge in [0, 0.05) is 12.8 Å².